The van der Waals surface area contributed by atoms with Crippen molar-refractivity contribution in [2.45, 2.75) is 32.6 Å². The van der Waals surface area contributed by atoms with E-state index in [1.807, 2.05) is 0 Å². The molecule has 2 unspecified atom stereocenters. The standard InChI is InChI=1S/C13H23NO2/c1-9-5-10-7-14(2)8-11(6-9)12(10)3-4-13(15)16/h9-12H,3-8H2,1-2H3,(H,15,16). The van der Waals surface area contributed by atoms with Crippen LogP contribution in [0.15, 0.2) is 0 Å². The summed E-state index contributed by atoms with van der Waals surface area (Å²) in [5, 5.41) is 8.80. The molecule has 0 spiro atoms. The van der Waals surface area contributed by atoms with Crippen LogP contribution in [-0.2, 0) is 4.79 Å². The largest absolute Gasteiger partial charge is 0.481 e. The smallest absolute Gasteiger partial charge is 0.303 e. The molecule has 2 rings (SSSR count). The summed E-state index contributed by atoms with van der Waals surface area (Å²) < 4.78 is 0. The number of hydrogen-bond acceptors (Lipinski definition) is 2. The lowest BCUT2D eigenvalue weighted by molar-refractivity contribution is -0.137. The maximum atomic E-state index is 10.7. The molecule has 1 saturated carbocycles. The van der Waals surface area contributed by atoms with Crippen molar-refractivity contribution in [2.75, 3.05) is 20.1 Å². The molecule has 2 atom stereocenters. The third-order valence-electron chi connectivity index (χ3n) is 4.41. The lowest BCUT2D eigenvalue weighted by Crippen LogP contribution is -2.48. The molecule has 1 aliphatic heterocycles. The van der Waals surface area contributed by atoms with Gasteiger partial charge in [-0.1, -0.05) is 6.92 Å². The van der Waals surface area contributed by atoms with Gasteiger partial charge in [0.15, 0.2) is 0 Å². The molecule has 92 valence electrons. The molecule has 3 nitrogen and oxygen atoms in total. The minimum atomic E-state index is -0.634. The number of aliphatic carboxylic acids is 1. The number of carboxylic acids is 1. The zero-order valence-electron chi connectivity index (χ0n) is 10.4. The maximum Gasteiger partial charge on any atom is 0.303 e. The molecule has 1 saturated heterocycles. The molecule has 2 bridgehead atoms. The first-order valence-electron chi connectivity index (χ1n) is 6.46. The number of carbonyl (C=O) groups is 1. The zero-order chi connectivity index (χ0) is 11.7. The number of rotatable bonds is 3. The van der Waals surface area contributed by atoms with Gasteiger partial charge in [-0.2, -0.15) is 0 Å². The first-order valence-corrected chi connectivity index (χ1v) is 6.46. The predicted molar refractivity (Wildman–Crippen MR) is 63.2 cm³/mol. The Morgan fingerprint density at radius 1 is 1.31 bits per heavy atom. The number of nitrogens with zero attached hydrogens (tertiary/aromatic N) is 1. The van der Waals surface area contributed by atoms with Gasteiger partial charge in [0.2, 0.25) is 0 Å². The third kappa shape index (κ3) is 2.57. The summed E-state index contributed by atoms with van der Waals surface area (Å²) in [5.74, 6) is 2.36. The molecule has 0 amide bonds. The van der Waals surface area contributed by atoms with E-state index in [1.165, 1.54) is 25.9 Å². The lowest BCUT2D eigenvalue weighted by Gasteiger charge is -2.48. The first kappa shape index (κ1) is 11.9. The fourth-order valence-corrected chi connectivity index (χ4v) is 3.92. The second kappa shape index (κ2) is 4.74. The van der Waals surface area contributed by atoms with Crippen LogP contribution in [0.25, 0.3) is 0 Å². The van der Waals surface area contributed by atoms with E-state index in [4.69, 9.17) is 5.11 Å². The Morgan fingerprint density at radius 2 is 1.88 bits per heavy atom. The number of piperidine rings is 1. The quantitative estimate of drug-likeness (QED) is 0.799. The summed E-state index contributed by atoms with van der Waals surface area (Å²) in [7, 11) is 2.20. The molecule has 2 fully saturated rings. The highest BCUT2D eigenvalue weighted by Crippen LogP contribution is 2.43. The minimum absolute atomic E-state index is 0.357. The van der Waals surface area contributed by atoms with Gasteiger partial charge in [-0.3, -0.25) is 4.79 Å². The van der Waals surface area contributed by atoms with E-state index in [9.17, 15) is 4.79 Å². The zero-order valence-corrected chi connectivity index (χ0v) is 10.4. The number of hydrogen-bond donors (Lipinski definition) is 1. The van der Waals surface area contributed by atoms with Crippen molar-refractivity contribution in [3.63, 3.8) is 0 Å². The topological polar surface area (TPSA) is 40.5 Å². The van der Waals surface area contributed by atoms with Crippen molar-refractivity contribution in [3.05, 3.63) is 0 Å². The van der Waals surface area contributed by atoms with Crippen LogP contribution in [0.3, 0.4) is 0 Å². The van der Waals surface area contributed by atoms with Crippen LogP contribution < -0.4 is 0 Å². The molecule has 0 aromatic heterocycles. The lowest BCUT2D eigenvalue weighted by atomic mass is 9.64. The summed E-state index contributed by atoms with van der Waals surface area (Å²) >= 11 is 0. The highest BCUT2D eigenvalue weighted by Gasteiger charge is 2.40. The van der Waals surface area contributed by atoms with E-state index in [1.54, 1.807) is 0 Å². The molecular formula is C13H23NO2. The van der Waals surface area contributed by atoms with Gasteiger partial charge in [0.1, 0.15) is 0 Å². The molecule has 1 N–H and O–H groups in total. The number of fused-ring (bicyclic) bond motifs is 2. The van der Waals surface area contributed by atoms with Gasteiger partial charge in [0.25, 0.3) is 0 Å². The Morgan fingerprint density at radius 3 is 2.38 bits per heavy atom. The molecular weight excluding hydrogens is 202 g/mol. The molecule has 2 aliphatic rings. The van der Waals surface area contributed by atoms with Gasteiger partial charge in [-0.15, -0.1) is 0 Å². The predicted octanol–water partition coefficient (Wildman–Crippen LogP) is 2.08. The van der Waals surface area contributed by atoms with Crippen molar-refractivity contribution >= 4 is 5.97 Å². The summed E-state index contributed by atoms with van der Waals surface area (Å²) in [6.07, 6.45) is 3.84. The van der Waals surface area contributed by atoms with Crippen molar-refractivity contribution in [1.82, 2.24) is 4.90 Å². The van der Waals surface area contributed by atoms with Crippen molar-refractivity contribution in [3.8, 4) is 0 Å². The van der Waals surface area contributed by atoms with E-state index in [0.29, 0.717) is 12.3 Å². The highest BCUT2D eigenvalue weighted by molar-refractivity contribution is 5.66. The molecule has 0 aromatic rings. The summed E-state index contributed by atoms with van der Waals surface area (Å²) in [4.78, 5) is 13.1. The molecule has 0 aromatic carbocycles. The van der Waals surface area contributed by atoms with Crippen LogP contribution >= 0.6 is 0 Å². The SMILES string of the molecule is CC1CC2CN(C)CC(C1)C2CCC(=O)O. The Kier molecular flexibility index (Phi) is 3.53. The van der Waals surface area contributed by atoms with E-state index in [0.717, 1.165) is 24.2 Å². The maximum absolute atomic E-state index is 10.7. The first-order chi connectivity index (χ1) is 7.56. The fourth-order valence-electron chi connectivity index (χ4n) is 3.92. The average Bonchev–Trinajstić information content (AvgIpc) is 2.13. The summed E-state index contributed by atoms with van der Waals surface area (Å²) in [5.41, 5.74) is 0. The summed E-state index contributed by atoms with van der Waals surface area (Å²) in [6.45, 7) is 4.69. The van der Waals surface area contributed by atoms with Gasteiger partial charge in [-0.25, -0.2) is 0 Å². The van der Waals surface area contributed by atoms with Gasteiger partial charge >= 0.3 is 5.97 Å². The fraction of sp³-hybridized carbons (Fsp3) is 0.923. The van der Waals surface area contributed by atoms with Gasteiger partial charge in [-0.05, 0) is 50.0 Å². The van der Waals surface area contributed by atoms with Crippen LogP contribution in [0.2, 0.25) is 0 Å². The second-order valence-corrected chi connectivity index (χ2v) is 5.91. The number of carboxylic acid groups (broad SMARTS) is 1. The van der Waals surface area contributed by atoms with Crippen LogP contribution in [0.1, 0.15) is 32.6 Å². The molecule has 1 aliphatic carbocycles. The van der Waals surface area contributed by atoms with E-state index >= 15 is 0 Å². The van der Waals surface area contributed by atoms with Crippen molar-refractivity contribution in [2.24, 2.45) is 23.7 Å². The molecule has 1 heterocycles. The molecule has 16 heavy (non-hydrogen) atoms. The Bertz CT molecular complexity index is 237. The molecule has 0 radical (unpaired) electrons. The van der Waals surface area contributed by atoms with Crippen LogP contribution in [-0.4, -0.2) is 36.1 Å². The van der Waals surface area contributed by atoms with Crippen LogP contribution in [0, 0.1) is 23.7 Å². The minimum Gasteiger partial charge on any atom is -0.481 e. The van der Waals surface area contributed by atoms with E-state index < -0.39 is 5.97 Å². The average molecular weight is 225 g/mol. The van der Waals surface area contributed by atoms with Crippen molar-refractivity contribution in [1.29, 1.82) is 0 Å². The van der Waals surface area contributed by atoms with E-state index in [2.05, 4.69) is 18.9 Å². The second-order valence-electron chi connectivity index (χ2n) is 5.91. The van der Waals surface area contributed by atoms with Crippen LogP contribution in [0.5, 0.6) is 0 Å². The Labute approximate surface area is 97.8 Å². The van der Waals surface area contributed by atoms with Gasteiger partial charge in [0.05, 0.1) is 0 Å². The third-order valence-corrected chi connectivity index (χ3v) is 4.41. The Hall–Kier alpha value is -0.570. The number of likely N-dealkylation sites (tertiary alicyclic amines) is 1. The summed E-state index contributed by atoms with van der Waals surface area (Å²) in [6, 6.07) is 0. The van der Waals surface area contributed by atoms with Crippen molar-refractivity contribution < 1.29 is 9.90 Å². The normalized spacial score (nSPS) is 39.6. The van der Waals surface area contributed by atoms with Gasteiger partial charge < -0.3 is 10.0 Å². The monoisotopic (exact) mass is 225 g/mol. The van der Waals surface area contributed by atoms with E-state index in [-0.39, 0.29) is 0 Å². The highest BCUT2D eigenvalue weighted by atomic mass is 16.4. The van der Waals surface area contributed by atoms with Gasteiger partial charge in [0, 0.05) is 19.5 Å². The van der Waals surface area contributed by atoms with Crippen LogP contribution in [0.4, 0.5) is 0 Å². The Balaban J connectivity index is 1.99. The molecule has 3 heteroatoms.